The summed E-state index contributed by atoms with van der Waals surface area (Å²) in [5.41, 5.74) is 6.74. The molecule has 2 rings (SSSR count). The Morgan fingerprint density at radius 1 is 1.26 bits per heavy atom. The van der Waals surface area contributed by atoms with Crippen molar-refractivity contribution >= 4 is 22.6 Å². The molecule has 0 aliphatic rings. The Morgan fingerprint density at radius 2 is 1.95 bits per heavy atom. The van der Waals surface area contributed by atoms with Gasteiger partial charge in [0.05, 0.1) is 12.1 Å². The van der Waals surface area contributed by atoms with Crippen molar-refractivity contribution in [3.63, 3.8) is 0 Å². The van der Waals surface area contributed by atoms with E-state index >= 15 is 0 Å². The molecule has 0 unspecified atom stereocenters. The quantitative estimate of drug-likeness (QED) is 0.659. The van der Waals surface area contributed by atoms with Crippen LogP contribution in [0.3, 0.4) is 0 Å². The van der Waals surface area contributed by atoms with Crippen LogP contribution >= 0.6 is 0 Å². The summed E-state index contributed by atoms with van der Waals surface area (Å²) in [5, 5.41) is 18.0. The molecule has 94 valence electrons. The first-order chi connectivity index (χ1) is 9.15. The normalized spacial score (nSPS) is 9.79. The zero-order chi connectivity index (χ0) is 13.8. The Morgan fingerprint density at radius 3 is 2.58 bits per heavy atom. The predicted octanol–water partition coefficient (Wildman–Crippen LogP) is 1.50. The number of amides is 1. The van der Waals surface area contributed by atoms with Gasteiger partial charge in [-0.25, -0.2) is 0 Å². The summed E-state index contributed by atoms with van der Waals surface area (Å²) < 4.78 is 5.39. The van der Waals surface area contributed by atoms with Crippen molar-refractivity contribution in [2.75, 3.05) is 18.8 Å². The molecule has 1 heterocycles. The predicted molar refractivity (Wildman–Crippen MR) is 67.8 cm³/mol. The molecule has 19 heavy (non-hydrogen) atoms. The van der Waals surface area contributed by atoms with Gasteiger partial charge in [0, 0.05) is 11.1 Å². The fourth-order valence-electron chi connectivity index (χ4n) is 1.69. The van der Waals surface area contributed by atoms with Crippen LogP contribution in [0.2, 0.25) is 0 Å². The lowest BCUT2D eigenvalue weighted by atomic mass is 10.2. The fraction of sp³-hybridized carbons (Fsp3) is 0.154. The second-order valence-corrected chi connectivity index (χ2v) is 3.89. The van der Waals surface area contributed by atoms with Crippen LogP contribution in [0.15, 0.2) is 28.7 Å². The summed E-state index contributed by atoms with van der Waals surface area (Å²) in [4.78, 5) is 13.2. The molecule has 2 N–H and O–H groups in total. The van der Waals surface area contributed by atoms with Gasteiger partial charge in [-0.15, -0.1) is 0 Å². The molecule has 0 bridgehead atoms. The summed E-state index contributed by atoms with van der Waals surface area (Å²) in [6.45, 7) is -0.322. The van der Waals surface area contributed by atoms with Crippen LogP contribution < -0.4 is 5.73 Å². The van der Waals surface area contributed by atoms with E-state index in [0.29, 0.717) is 16.7 Å². The number of nitrogen functional groups attached to an aromatic ring is 1. The molecule has 0 aliphatic heterocycles. The molecular formula is C13H10N4O2. The van der Waals surface area contributed by atoms with Crippen molar-refractivity contribution in [3.8, 4) is 12.1 Å². The van der Waals surface area contributed by atoms with E-state index in [1.165, 1.54) is 0 Å². The molecule has 0 saturated heterocycles. The maximum atomic E-state index is 12.1. The molecule has 0 atom stereocenters. The number of anilines is 1. The summed E-state index contributed by atoms with van der Waals surface area (Å²) in [6.07, 6.45) is 0. The maximum absolute atomic E-state index is 12.1. The van der Waals surface area contributed by atoms with Crippen LogP contribution in [-0.4, -0.2) is 23.9 Å². The molecule has 0 fully saturated rings. The van der Waals surface area contributed by atoms with Crippen molar-refractivity contribution in [2.45, 2.75) is 0 Å². The van der Waals surface area contributed by atoms with E-state index in [2.05, 4.69) is 0 Å². The Kier molecular flexibility index (Phi) is 3.35. The number of carbonyl (C=O) groups excluding carboxylic acids is 1. The van der Waals surface area contributed by atoms with Gasteiger partial charge in [-0.1, -0.05) is 0 Å². The molecule has 1 aromatic heterocycles. The number of fused-ring (bicyclic) bond motifs is 1. The van der Waals surface area contributed by atoms with E-state index in [0.717, 1.165) is 4.90 Å². The first-order valence-electron chi connectivity index (χ1n) is 5.48. The molecule has 2 aromatic rings. The van der Waals surface area contributed by atoms with Gasteiger partial charge in [-0.2, -0.15) is 10.5 Å². The Hall–Kier alpha value is -2.99. The molecule has 6 heteroatoms. The van der Waals surface area contributed by atoms with E-state index in [1.807, 2.05) is 12.1 Å². The second-order valence-electron chi connectivity index (χ2n) is 3.89. The van der Waals surface area contributed by atoms with Gasteiger partial charge < -0.3 is 15.1 Å². The number of furan rings is 1. The van der Waals surface area contributed by atoms with Gasteiger partial charge in [-0.05, 0) is 24.3 Å². The summed E-state index contributed by atoms with van der Waals surface area (Å²) in [5.74, 6) is -0.399. The van der Waals surface area contributed by atoms with Gasteiger partial charge in [0.2, 0.25) is 0 Å². The standard InChI is InChI=1S/C13H10N4O2/c14-3-5-17(6-4-15)13(18)12-8-9-7-10(16)1-2-11(9)19-12/h1-2,7-8H,5-6,16H2. The molecule has 1 aromatic carbocycles. The van der Waals surface area contributed by atoms with Crippen molar-refractivity contribution in [2.24, 2.45) is 0 Å². The Bertz CT molecular complexity index is 689. The highest BCUT2D eigenvalue weighted by Gasteiger charge is 2.19. The fourth-order valence-corrected chi connectivity index (χ4v) is 1.69. The number of hydrogen-bond acceptors (Lipinski definition) is 5. The monoisotopic (exact) mass is 254 g/mol. The summed E-state index contributed by atoms with van der Waals surface area (Å²) in [7, 11) is 0. The smallest absolute Gasteiger partial charge is 0.291 e. The zero-order valence-electron chi connectivity index (χ0n) is 9.96. The van der Waals surface area contributed by atoms with Crippen molar-refractivity contribution in [1.82, 2.24) is 4.90 Å². The number of nitrogens with two attached hydrogens (primary N) is 1. The summed E-state index contributed by atoms with van der Waals surface area (Å²) in [6, 6.07) is 10.3. The molecule has 0 radical (unpaired) electrons. The number of hydrogen-bond donors (Lipinski definition) is 1. The Balaban J connectivity index is 2.35. The van der Waals surface area contributed by atoms with Gasteiger partial charge >= 0.3 is 0 Å². The lowest BCUT2D eigenvalue weighted by Gasteiger charge is -2.13. The highest BCUT2D eigenvalue weighted by atomic mass is 16.3. The van der Waals surface area contributed by atoms with E-state index in [-0.39, 0.29) is 18.8 Å². The number of carbonyl (C=O) groups is 1. The number of nitrogens with zero attached hydrogens (tertiary/aromatic N) is 3. The maximum Gasteiger partial charge on any atom is 0.291 e. The van der Waals surface area contributed by atoms with Crippen LogP contribution in [0.5, 0.6) is 0 Å². The van der Waals surface area contributed by atoms with Crippen molar-refractivity contribution < 1.29 is 9.21 Å². The molecule has 0 spiro atoms. The van der Waals surface area contributed by atoms with Gasteiger partial charge in [0.1, 0.15) is 18.7 Å². The number of benzene rings is 1. The third kappa shape index (κ3) is 2.48. The SMILES string of the molecule is N#CCN(CC#N)C(=O)c1cc2cc(N)ccc2o1. The van der Waals surface area contributed by atoms with E-state index in [1.54, 1.807) is 24.3 Å². The first kappa shape index (κ1) is 12.5. The summed E-state index contributed by atoms with van der Waals surface area (Å²) >= 11 is 0. The molecule has 0 saturated carbocycles. The van der Waals surface area contributed by atoms with Gasteiger partial charge in [0.15, 0.2) is 5.76 Å². The number of nitriles is 2. The highest BCUT2D eigenvalue weighted by Crippen LogP contribution is 2.22. The van der Waals surface area contributed by atoms with Crippen LogP contribution in [0.25, 0.3) is 11.0 Å². The minimum absolute atomic E-state index is 0.0890. The lowest BCUT2D eigenvalue weighted by molar-refractivity contribution is 0.0765. The topological polar surface area (TPSA) is 107 Å². The highest BCUT2D eigenvalue weighted by molar-refractivity contribution is 5.96. The molecule has 6 nitrogen and oxygen atoms in total. The first-order valence-corrected chi connectivity index (χ1v) is 5.48. The zero-order valence-corrected chi connectivity index (χ0v) is 9.96. The van der Waals surface area contributed by atoms with Gasteiger partial charge in [-0.3, -0.25) is 4.79 Å². The lowest BCUT2D eigenvalue weighted by Crippen LogP contribution is -2.31. The van der Waals surface area contributed by atoms with Gasteiger partial charge in [0.25, 0.3) is 5.91 Å². The van der Waals surface area contributed by atoms with E-state index in [9.17, 15) is 4.79 Å². The largest absolute Gasteiger partial charge is 0.451 e. The number of rotatable bonds is 3. The second kappa shape index (κ2) is 5.11. The average Bonchev–Trinajstić information content (AvgIpc) is 2.80. The average molecular weight is 254 g/mol. The van der Waals surface area contributed by atoms with E-state index < -0.39 is 5.91 Å². The van der Waals surface area contributed by atoms with Crippen molar-refractivity contribution in [1.29, 1.82) is 10.5 Å². The van der Waals surface area contributed by atoms with E-state index in [4.69, 9.17) is 20.7 Å². The molecular weight excluding hydrogens is 244 g/mol. The minimum Gasteiger partial charge on any atom is -0.451 e. The van der Waals surface area contributed by atoms with Crippen LogP contribution in [0.1, 0.15) is 10.6 Å². The minimum atomic E-state index is -0.488. The third-order valence-corrected chi connectivity index (χ3v) is 2.56. The van der Waals surface area contributed by atoms with Crippen molar-refractivity contribution in [3.05, 3.63) is 30.0 Å². The third-order valence-electron chi connectivity index (χ3n) is 2.56. The molecule has 1 amide bonds. The Labute approximate surface area is 109 Å². The molecule has 0 aliphatic carbocycles. The van der Waals surface area contributed by atoms with Crippen LogP contribution in [-0.2, 0) is 0 Å². The van der Waals surface area contributed by atoms with Crippen LogP contribution in [0, 0.1) is 22.7 Å². The van der Waals surface area contributed by atoms with Crippen LogP contribution in [0.4, 0.5) is 5.69 Å².